The van der Waals surface area contributed by atoms with Gasteiger partial charge in [-0.05, 0) is 19.8 Å². The molecule has 2 aliphatic rings. The van der Waals surface area contributed by atoms with Crippen molar-refractivity contribution in [3.63, 3.8) is 0 Å². The monoisotopic (exact) mass is 346 g/mol. The maximum Gasteiger partial charge on any atom is 0.303 e. The second-order valence-corrected chi connectivity index (χ2v) is 6.78. The molecule has 0 aromatic carbocycles. The first-order valence-corrected chi connectivity index (χ1v) is 8.85. The Morgan fingerprint density at radius 1 is 1.42 bits per heavy atom. The predicted molar refractivity (Wildman–Crippen MR) is 85.7 cm³/mol. The van der Waals surface area contributed by atoms with Crippen molar-refractivity contribution < 1.29 is 34.0 Å². The number of aliphatic hydroxyl groups is 1. The first kappa shape index (κ1) is 19.6. The average molecular weight is 346 g/mol. The highest BCUT2D eigenvalue weighted by molar-refractivity contribution is 5.66. The van der Waals surface area contributed by atoms with Crippen molar-refractivity contribution in [3.8, 4) is 0 Å². The van der Waals surface area contributed by atoms with Crippen molar-refractivity contribution in [2.75, 3.05) is 13.2 Å². The number of carboxylic acids is 1. The highest BCUT2D eigenvalue weighted by Gasteiger charge is 2.41. The summed E-state index contributed by atoms with van der Waals surface area (Å²) in [5.74, 6) is -1.72. The zero-order valence-corrected chi connectivity index (χ0v) is 14.8. The Hall–Kier alpha value is -0.730. The quantitative estimate of drug-likeness (QED) is 0.656. The summed E-state index contributed by atoms with van der Waals surface area (Å²) in [6, 6.07) is 0. The van der Waals surface area contributed by atoms with Crippen molar-refractivity contribution >= 4 is 5.97 Å². The van der Waals surface area contributed by atoms with E-state index in [1.54, 1.807) is 6.92 Å². The Labute approximate surface area is 143 Å². The highest BCUT2D eigenvalue weighted by atomic mass is 16.7. The number of hydrogen-bond donors (Lipinski definition) is 2. The van der Waals surface area contributed by atoms with Crippen LogP contribution in [0.15, 0.2) is 0 Å². The van der Waals surface area contributed by atoms with Crippen LogP contribution in [0.3, 0.4) is 0 Å². The molecule has 7 nitrogen and oxygen atoms in total. The summed E-state index contributed by atoms with van der Waals surface area (Å²) in [4.78, 5) is 10.7. The Morgan fingerprint density at radius 2 is 2.17 bits per heavy atom. The minimum Gasteiger partial charge on any atom is -0.481 e. The Balaban J connectivity index is 1.78. The first-order chi connectivity index (χ1) is 11.4. The predicted octanol–water partition coefficient (Wildman–Crippen LogP) is 1.71. The van der Waals surface area contributed by atoms with Crippen molar-refractivity contribution in [3.05, 3.63) is 0 Å². The minimum atomic E-state index is -0.863. The van der Waals surface area contributed by atoms with Crippen LogP contribution in [0, 0.1) is 0 Å². The van der Waals surface area contributed by atoms with Gasteiger partial charge in [0.05, 0.1) is 44.1 Å². The molecule has 2 saturated heterocycles. The van der Waals surface area contributed by atoms with Crippen LogP contribution in [0.5, 0.6) is 0 Å². The molecule has 0 aliphatic carbocycles. The number of carboxylic acid groups (broad SMARTS) is 1. The zero-order valence-electron chi connectivity index (χ0n) is 14.8. The van der Waals surface area contributed by atoms with Crippen LogP contribution >= 0.6 is 0 Å². The van der Waals surface area contributed by atoms with Crippen LogP contribution in [0.25, 0.3) is 0 Å². The number of aliphatic carboxylic acids is 1. The van der Waals surface area contributed by atoms with Gasteiger partial charge in [0.15, 0.2) is 5.79 Å². The fourth-order valence-corrected chi connectivity index (χ4v) is 3.26. The van der Waals surface area contributed by atoms with Gasteiger partial charge >= 0.3 is 5.97 Å². The maximum atomic E-state index is 10.7. The van der Waals surface area contributed by atoms with E-state index in [4.69, 9.17) is 24.1 Å². The molecule has 0 amide bonds. The Morgan fingerprint density at radius 3 is 2.79 bits per heavy atom. The third-order valence-electron chi connectivity index (χ3n) is 4.76. The third-order valence-corrected chi connectivity index (χ3v) is 4.76. The molecule has 0 spiro atoms. The van der Waals surface area contributed by atoms with Crippen LogP contribution in [0.4, 0.5) is 0 Å². The Bertz CT molecular complexity index is 416. The fraction of sp³-hybridized carbons (Fsp3) is 0.941. The number of aliphatic hydroxyl groups excluding tert-OH is 1. The standard InChI is InChI=1S/C17H30O7/c1-4-12(18)14-8-15(13(5-2)23-14)21-9-11-10-22-17(3,24-11)7-6-16(19)20/h11-15,18H,4-10H2,1-3H3,(H,19,20). The van der Waals surface area contributed by atoms with Crippen LogP contribution in [0.2, 0.25) is 0 Å². The van der Waals surface area contributed by atoms with Gasteiger partial charge < -0.3 is 29.2 Å². The van der Waals surface area contributed by atoms with Gasteiger partial charge in [-0.3, -0.25) is 4.79 Å². The lowest BCUT2D eigenvalue weighted by Crippen LogP contribution is -2.31. The largest absolute Gasteiger partial charge is 0.481 e. The number of hydrogen-bond acceptors (Lipinski definition) is 6. The lowest BCUT2D eigenvalue weighted by atomic mass is 10.0. The molecule has 6 unspecified atom stereocenters. The van der Waals surface area contributed by atoms with E-state index in [1.165, 1.54) is 0 Å². The number of carbonyl (C=O) groups is 1. The van der Waals surface area contributed by atoms with Crippen molar-refractivity contribution in [1.29, 1.82) is 0 Å². The molecule has 0 saturated carbocycles. The van der Waals surface area contributed by atoms with E-state index in [2.05, 4.69) is 0 Å². The molecule has 140 valence electrons. The topological polar surface area (TPSA) is 94.5 Å². The molecule has 7 heteroatoms. The normalized spacial score (nSPS) is 37.7. The fourth-order valence-electron chi connectivity index (χ4n) is 3.26. The molecular formula is C17H30O7. The number of rotatable bonds is 9. The molecule has 2 N–H and O–H groups in total. The zero-order chi connectivity index (χ0) is 17.7. The molecule has 0 aromatic heterocycles. The van der Waals surface area contributed by atoms with E-state index in [9.17, 15) is 9.90 Å². The summed E-state index contributed by atoms with van der Waals surface area (Å²) in [6.07, 6.45) is 1.57. The number of ether oxygens (including phenoxy) is 4. The molecular weight excluding hydrogens is 316 g/mol. The summed E-state index contributed by atoms with van der Waals surface area (Å²) in [5, 5.41) is 18.7. The van der Waals surface area contributed by atoms with E-state index in [0.717, 1.165) is 6.42 Å². The summed E-state index contributed by atoms with van der Waals surface area (Å²) < 4.78 is 23.3. The molecule has 2 fully saturated rings. The third kappa shape index (κ3) is 5.13. The molecule has 2 aliphatic heterocycles. The SMILES string of the molecule is CCC(O)C1CC(OCC2COC(C)(CCC(=O)O)O2)C(CC)O1. The van der Waals surface area contributed by atoms with Crippen molar-refractivity contribution in [2.24, 2.45) is 0 Å². The van der Waals surface area contributed by atoms with Gasteiger partial charge in [0.1, 0.15) is 6.10 Å². The molecule has 6 atom stereocenters. The Kier molecular flexibility index (Phi) is 7.00. The van der Waals surface area contributed by atoms with Gasteiger partial charge in [0.2, 0.25) is 0 Å². The summed E-state index contributed by atoms with van der Waals surface area (Å²) in [7, 11) is 0. The molecule has 0 bridgehead atoms. The van der Waals surface area contributed by atoms with E-state index < -0.39 is 17.9 Å². The average Bonchev–Trinajstić information content (AvgIpc) is 3.14. The maximum absolute atomic E-state index is 10.7. The molecule has 0 aromatic rings. The summed E-state index contributed by atoms with van der Waals surface area (Å²) in [5.41, 5.74) is 0. The molecule has 0 radical (unpaired) electrons. The van der Waals surface area contributed by atoms with Gasteiger partial charge in [0.25, 0.3) is 0 Å². The van der Waals surface area contributed by atoms with E-state index in [-0.39, 0.29) is 30.8 Å². The highest BCUT2D eigenvalue weighted by Crippen LogP contribution is 2.31. The van der Waals surface area contributed by atoms with E-state index in [0.29, 0.717) is 32.5 Å². The van der Waals surface area contributed by atoms with Gasteiger partial charge in [0, 0.05) is 12.8 Å². The van der Waals surface area contributed by atoms with Gasteiger partial charge in [-0.1, -0.05) is 13.8 Å². The molecule has 2 rings (SSSR count). The smallest absolute Gasteiger partial charge is 0.303 e. The molecule has 2 heterocycles. The lowest BCUT2D eigenvalue weighted by molar-refractivity contribution is -0.172. The second-order valence-electron chi connectivity index (χ2n) is 6.78. The van der Waals surface area contributed by atoms with Crippen LogP contribution in [-0.2, 0) is 23.7 Å². The van der Waals surface area contributed by atoms with E-state index >= 15 is 0 Å². The molecule has 24 heavy (non-hydrogen) atoms. The lowest BCUT2D eigenvalue weighted by Gasteiger charge is -2.23. The summed E-state index contributed by atoms with van der Waals surface area (Å²) >= 11 is 0. The van der Waals surface area contributed by atoms with Crippen LogP contribution in [0.1, 0.15) is 52.9 Å². The summed E-state index contributed by atoms with van der Waals surface area (Å²) in [6.45, 7) is 6.51. The van der Waals surface area contributed by atoms with Crippen molar-refractivity contribution in [2.45, 2.75) is 89.2 Å². The first-order valence-electron chi connectivity index (χ1n) is 8.85. The van der Waals surface area contributed by atoms with E-state index in [1.807, 2.05) is 13.8 Å². The van der Waals surface area contributed by atoms with Gasteiger partial charge in [-0.2, -0.15) is 0 Å². The minimum absolute atomic E-state index is 0.00897. The van der Waals surface area contributed by atoms with Gasteiger partial charge in [-0.15, -0.1) is 0 Å². The van der Waals surface area contributed by atoms with Crippen LogP contribution in [-0.4, -0.2) is 65.7 Å². The van der Waals surface area contributed by atoms with Crippen LogP contribution < -0.4 is 0 Å². The van der Waals surface area contributed by atoms with Crippen molar-refractivity contribution in [1.82, 2.24) is 0 Å². The van der Waals surface area contributed by atoms with Gasteiger partial charge in [-0.25, -0.2) is 0 Å². The second kappa shape index (κ2) is 8.58.